The maximum Gasteiger partial charge on any atom is 0.419 e. The van der Waals surface area contributed by atoms with Gasteiger partial charge in [0.05, 0.1) is 11.1 Å². The van der Waals surface area contributed by atoms with E-state index in [4.69, 9.17) is 0 Å². The SMILES string of the molecule is Cn1[nH]c(=O)c2c1NC1=C(C(=O)C(C)(C)C1)C2c1ccc(F)c(C(F)(F)F)c1. The minimum absolute atomic E-state index is 0.0479. The van der Waals surface area contributed by atoms with Crippen LogP contribution >= 0.6 is 0 Å². The van der Waals surface area contributed by atoms with Gasteiger partial charge < -0.3 is 5.32 Å². The number of aryl methyl sites for hydroxylation is 1. The lowest BCUT2D eigenvalue weighted by Crippen LogP contribution is -2.26. The van der Waals surface area contributed by atoms with Crippen LogP contribution in [0.2, 0.25) is 0 Å². The molecule has 0 saturated heterocycles. The van der Waals surface area contributed by atoms with Gasteiger partial charge in [-0.25, -0.2) is 4.39 Å². The van der Waals surface area contributed by atoms with Crippen molar-refractivity contribution < 1.29 is 22.4 Å². The van der Waals surface area contributed by atoms with E-state index < -0.39 is 34.4 Å². The first-order valence-corrected chi connectivity index (χ1v) is 8.62. The minimum atomic E-state index is -4.89. The minimum Gasteiger partial charge on any atom is -0.343 e. The van der Waals surface area contributed by atoms with Gasteiger partial charge in [-0.3, -0.25) is 19.4 Å². The Kier molecular flexibility index (Phi) is 3.70. The van der Waals surface area contributed by atoms with E-state index in [1.54, 1.807) is 20.9 Å². The number of hydrogen-bond donors (Lipinski definition) is 2. The lowest BCUT2D eigenvalue weighted by Gasteiger charge is -2.26. The number of aromatic amines is 1. The van der Waals surface area contributed by atoms with Crippen molar-refractivity contribution in [2.24, 2.45) is 12.5 Å². The molecule has 28 heavy (non-hydrogen) atoms. The van der Waals surface area contributed by atoms with Crippen LogP contribution in [-0.4, -0.2) is 15.6 Å². The van der Waals surface area contributed by atoms with Crippen molar-refractivity contribution >= 4 is 11.6 Å². The van der Waals surface area contributed by atoms with Crippen LogP contribution in [0.15, 0.2) is 34.3 Å². The molecule has 0 saturated carbocycles. The number of H-pyrrole nitrogens is 1. The Balaban J connectivity index is 1.99. The van der Waals surface area contributed by atoms with Gasteiger partial charge in [0.25, 0.3) is 5.56 Å². The Hall–Kier alpha value is -2.84. The number of rotatable bonds is 1. The quantitative estimate of drug-likeness (QED) is 0.724. The van der Waals surface area contributed by atoms with Gasteiger partial charge in [0.2, 0.25) is 0 Å². The molecule has 0 bridgehead atoms. The number of aromatic nitrogens is 2. The van der Waals surface area contributed by atoms with Crippen molar-refractivity contribution in [3.8, 4) is 0 Å². The second-order valence-electron chi connectivity index (χ2n) is 7.84. The third kappa shape index (κ3) is 2.52. The van der Waals surface area contributed by atoms with E-state index in [1.165, 1.54) is 10.7 Å². The fraction of sp³-hybridized carbons (Fsp3) is 0.368. The molecule has 0 spiro atoms. The molecule has 0 amide bonds. The molecule has 9 heteroatoms. The molecule has 1 aliphatic carbocycles. The number of nitrogens with one attached hydrogen (secondary N) is 2. The van der Waals surface area contributed by atoms with Crippen LogP contribution < -0.4 is 10.9 Å². The maximum atomic E-state index is 13.8. The van der Waals surface area contributed by atoms with Crippen LogP contribution in [0.25, 0.3) is 0 Å². The van der Waals surface area contributed by atoms with Crippen LogP contribution in [0.3, 0.4) is 0 Å². The van der Waals surface area contributed by atoms with E-state index in [1.807, 2.05) is 0 Å². The van der Waals surface area contributed by atoms with E-state index in [-0.39, 0.29) is 22.5 Å². The van der Waals surface area contributed by atoms with E-state index in [2.05, 4.69) is 10.4 Å². The number of carbonyl (C=O) groups excluding carboxylic acids is 1. The topological polar surface area (TPSA) is 66.9 Å². The predicted molar refractivity (Wildman–Crippen MR) is 93.3 cm³/mol. The molecule has 4 rings (SSSR count). The number of allylic oxidation sites excluding steroid dienone is 2. The summed E-state index contributed by atoms with van der Waals surface area (Å²) in [4.78, 5) is 25.5. The molecule has 1 unspecified atom stereocenters. The highest BCUT2D eigenvalue weighted by atomic mass is 19.4. The summed E-state index contributed by atoms with van der Waals surface area (Å²) in [5.41, 5.74) is -1.67. The van der Waals surface area contributed by atoms with Gasteiger partial charge in [-0.05, 0) is 17.7 Å². The fourth-order valence-electron chi connectivity index (χ4n) is 4.07. The summed E-state index contributed by atoms with van der Waals surface area (Å²) in [6.45, 7) is 3.49. The molecule has 2 N–H and O–H groups in total. The van der Waals surface area contributed by atoms with E-state index in [9.17, 15) is 27.2 Å². The van der Waals surface area contributed by atoms with Gasteiger partial charge in [0.1, 0.15) is 11.6 Å². The third-order valence-corrected chi connectivity index (χ3v) is 5.38. The number of alkyl halides is 3. The normalized spacial score (nSPS) is 20.8. The van der Waals surface area contributed by atoms with Crippen LogP contribution in [0.4, 0.5) is 23.4 Å². The molecular formula is C19H17F4N3O2. The zero-order chi connectivity index (χ0) is 20.6. The number of benzene rings is 1. The highest BCUT2D eigenvalue weighted by Gasteiger charge is 2.48. The zero-order valence-corrected chi connectivity index (χ0v) is 15.3. The van der Waals surface area contributed by atoms with Crippen molar-refractivity contribution in [1.29, 1.82) is 0 Å². The molecule has 2 aliphatic rings. The van der Waals surface area contributed by atoms with Crippen molar-refractivity contribution in [2.45, 2.75) is 32.4 Å². The van der Waals surface area contributed by atoms with Crippen molar-refractivity contribution in [2.75, 3.05) is 5.32 Å². The Morgan fingerprint density at radius 3 is 2.54 bits per heavy atom. The van der Waals surface area contributed by atoms with Gasteiger partial charge in [-0.15, -0.1) is 0 Å². The number of hydrogen-bond acceptors (Lipinski definition) is 3. The summed E-state index contributed by atoms with van der Waals surface area (Å²) >= 11 is 0. The largest absolute Gasteiger partial charge is 0.419 e. The maximum absolute atomic E-state index is 13.8. The average molecular weight is 395 g/mol. The number of anilines is 1. The summed E-state index contributed by atoms with van der Waals surface area (Å²) in [7, 11) is 1.59. The highest BCUT2D eigenvalue weighted by molar-refractivity contribution is 6.06. The molecule has 2 heterocycles. The average Bonchev–Trinajstić information content (AvgIpc) is 2.98. The Morgan fingerprint density at radius 2 is 1.89 bits per heavy atom. The molecule has 5 nitrogen and oxygen atoms in total. The van der Waals surface area contributed by atoms with Crippen LogP contribution in [-0.2, 0) is 18.0 Å². The first kappa shape index (κ1) is 18.5. The molecule has 1 atom stereocenters. The summed E-state index contributed by atoms with van der Waals surface area (Å²) in [6, 6.07) is 2.60. The second kappa shape index (κ2) is 5.59. The van der Waals surface area contributed by atoms with Gasteiger partial charge in [0.15, 0.2) is 5.78 Å². The Bertz CT molecular complexity index is 1110. The molecule has 148 valence electrons. The highest BCUT2D eigenvalue weighted by Crippen LogP contribution is 2.50. The van der Waals surface area contributed by atoms with E-state index in [0.29, 0.717) is 24.0 Å². The lowest BCUT2D eigenvalue weighted by molar-refractivity contribution is -0.140. The van der Waals surface area contributed by atoms with Gasteiger partial charge >= 0.3 is 6.18 Å². The standard InChI is InChI=1S/C19H17F4N3O2/c1-18(2)7-11-13(15(18)27)12(14-16(24-11)26(3)25-17(14)28)8-4-5-10(20)9(6-8)19(21,22)23/h4-6,12,24H,7H2,1-3H3,(H,25,28). The monoisotopic (exact) mass is 395 g/mol. The van der Waals surface area contributed by atoms with Crippen LogP contribution in [0.1, 0.15) is 42.9 Å². The number of ketones is 1. The molecule has 1 aliphatic heterocycles. The number of Topliss-reactive ketones (excluding diaryl/α,β-unsaturated/α-hetero) is 1. The van der Waals surface area contributed by atoms with Gasteiger partial charge in [-0.2, -0.15) is 13.2 Å². The van der Waals surface area contributed by atoms with Crippen molar-refractivity contribution in [3.63, 3.8) is 0 Å². The number of carbonyl (C=O) groups is 1. The first-order chi connectivity index (χ1) is 12.9. The van der Waals surface area contributed by atoms with E-state index >= 15 is 0 Å². The molecule has 1 aromatic carbocycles. The van der Waals surface area contributed by atoms with Crippen molar-refractivity contribution in [3.05, 3.63) is 62.3 Å². The van der Waals surface area contributed by atoms with E-state index in [0.717, 1.165) is 6.07 Å². The molecular weight excluding hydrogens is 378 g/mol. The number of halogens is 4. The summed E-state index contributed by atoms with van der Waals surface area (Å²) in [5.74, 6) is -2.27. The van der Waals surface area contributed by atoms with Gasteiger partial charge in [-0.1, -0.05) is 19.9 Å². The lowest BCUT2D eigenvalue weighted by atomic mass is 9.79. The summed E-state index contributed by atoms with van der Waals surface area (Å²) in [5, 5.41) is 5.65. The molecule has 2 aromatic rings. The predicted octanol–water partition coefficient (Wildman–Crippen LogP) is 3.68. The Morgan fingerprint density at radius 1 is 1.21 bits per heavy atom. The molecule has 0 radical (unpaired) electrons. The summed E-state index contributed by atoms with van der Waals surface area (Å²) < 4.78 is 54.9. The second-order valence-corrected chi connectivity index (χ2v) is 7.84. The Labute approximate surface area is 157 Å². The van der Waals surface area contributed by atoms with Crippen LogP contribution in [0, 0.1) is 11.2 Å². The number of nitrogens with zero attached hydrogens (tertiary/aromatic N) is 1. The van der Waals surface area contributed by atoms with Crippen LogP contribution in [0.5, 0.6) is 0 Å². The van der Waals surface area contributed by atoms with Gasteiger partial charge in [0, 0.05) is 36.1 Å². The molecule has 1 aromatic heterocycles. The summed E-state index contributed by atoms with van der Waals surface area (Å²) in [6.07, 6.45) is -4.53. The molecule has 0 fully saturated rings. The third-order valence-electron chi connectivity index (χ3n) is 5.38. The number of fused-ring (bicyclic) bond motifs is 1. The van der Waals surface area contributed by atoms with Crippen molar-refractivity contribution in [1.82, 2.24) is 9.78 Å². The zero-order valence-electron chi connectivity index (χ0n) is 15.3. The fourth-order valence-corrected chi connectivity index (χ4v) is 4.07. The first-order valence-electron chi connectivity index (χ1n) is 8.62. The smallest absolute Gasteiger partial charge is 0.343 e.